The lowest BCUT2D eigenvalue weighted by Crippen LogP contribution is -2.46. The summed E-state index contributed by atoms with van der Waals surface area (Å²) in [6.07, 6.45) is 2.48. The largest absolute Gasteiger partial charge is 0.378 e. The smallest absolute Gasteiger partial charge is 0.191 e. The van der Waals surface area contributed by atoms with Crippen LogP contribution in [0.25, 0.3) is 0 Å². The van der Waals surface area contributed by atoms with Crippen molar-refractivity contribution in [3.8, 4) is 0 Å². The van der Waals surface area contributed by atoms with Crippen molar-refractivity contribution in [2.45, 2.75) is 59.6 Å². The number of nitrogens with zero attached hydrogens (tertiary/aromatic N) is 2. The number of hydrogen-bond donors (Lipinski definition) is 2. The van der Waals surface area contributed by atoms with Gasteiger partial charge in [0, 0.05) is 32.8 Å². The maximum Gasteiger partial charge on any atom is 0.191 e. The first kappa shape index (κ1) is 22.2. The van der Waals surface area contributed by atoms with Gasteiger partial charge in [-0.2, -0.15) is 0 Å². The van der Waals surface area contributed by atoms with E-state index >= 15 is 0 Å². The van der Waals surface area contributed by atoms with Gasteiger partial charge in [0.25, 0.3) is 0 Å². The summed E-state index contributed by atoms with van der Waals surface area (Å²) in [5.41, 5.74) is 0. The van der Waals surface area contributed by atoms with E-state index in [4.69, 9.17) is 4.74 Å². The second-order valence-electron chi connectivity index (χ2n) is 7.15. The fourth-order valence-corrected chi connectivity index (χ4v) is 2.61. The summed E-state index contributed by atoms with van der Waals surface area (Å²) in [7, 11) is 6.10. The highest BCUT2D eigenvalue weighted by molar-refractivity contribution is 5.79. The Morgan fingerprint density at radius 3 is 2.22 bits per heavy atom. The predicted octanol–water partition coefficient (Wildman–Crippen LogP) is 2.58. The monoisotopic (exact) mass is 328 g/mol. The first-order chi connectivity index (χ1) is 10.8. The van der Waals surface area contributed by atoms with E-state index in [0.29, 0.717) is 24.0 Å². The average Bonchev–Trinajstić information content (AvgIpc) is 2.47. The molecule has 0 fully saturated rings. The molecule has 0 heterocycles. The molecule has 138 valence electrons. The molecule has 0 aromatic carbocycles. The zero-order valence-corrected chi connectivity index (χ0v) is 16.6. The molecule has 0 aliphatic heterocycles. The minimum absolute atomic E-state index is 0.307. The fraction of sp³-hybridized carbons (Fsp3) is 0.944. The van der Waals surface area contributed by atoms with Gasteiger partial charge in [-0.15, -0.1) is 0 Å². The number of rotatable bonds is 11. The van der Waals surface area contributed by atoms with Gasteiger partial charge in [-0.3, -0.25) is 4.99 Å². The number of ether oxygens (including phenoxy) is 1. The van der Waals surface area contributed by atoms with Crippen LogP contribution in [-0.2, 0) is 4.74 Å². The standard InChI is InChI=1S/C18H40N4O/c1-9-23-17(15(4)5)10-11-20-18(19-6)21-13-16(22(7)8)12-14(2)3/h14-17H,9-13H2,1-8H3,(H2,19,20,21). The van der Waals surface area contributed by atoms with Crippen LogP contribution >= 0.6 is 0 Å². The van der Waals surface area contributed by atoms with Crippen LogP contribution in [0.1, 0.15) is 47.5 Å². The summed E-state index contributed by atoms with van der Waals surface area (Å²) in [5.74, 6) is 2.10. The van der Waals surface area contributed by atoms with Crippen LogP contribution in [0.15, 0.2) is 4.99 Å². The lowest BCUT2D eigenvalue weighted by molar-refractivity contribution is 0.0258. The Morgan fingerprint density at radius 2 is 1.78 bits per heavy atom. The van der Waals surface area contributed by atoms with Crippen molar-refractivity contribution in [1.29, 1.82) is 0 Å². The summed E-state index contributed by atoms with van der Waals surface area (Å²) in [6, 6.07) is 0.514. The molecule has 23 heavy (non-hydrogen) atoms. The minimum Gasteiger partial charge on any atom is -0.378 e. The third kappa shape index (κ3) is 10.6. The van der Waals surface area contributed by atoms with Crippen LogP contribution in [0.2, 0.25) is 0 Å². The predicted molar refractivity (Wildman–Crippen MR) is 101 cm³/mol. The molecule has 0 bridgehead atoms. The van der Waals surface area contributed by atoms with Gasteiger partial charge in [-0.25, -0.2) is 0 Å². The second kappa shape index (κ2) is 12.6. The Labute approximate surface area is 144 Å². The van der Waals surface area contributed by atoms with Crippen molar-refractivity contribution >= 4 is 5.96 Å². The lowest BCUT2D eigenvalue weighted by atomic mass is 10.0. The number of nitrogens with one attached hydrogen (secondary N) is 2. The summed E-state index contributed by atoms with van der Waals surface area (Å²) in [4.78, 5) is 6.60. The quantitative estimate of drug-likeness (QED) is 0.452. The number of guanidine groups is 1. The maximum atomic E-state index is 5.79. The summed E-state index contributed by atoms with van der Waals surface area (Å²) < 4.78 is 5.79. The van der Waals surface area contributed by atoms with E-state index < -0.39 is 0 Å². The van der Waals surface area contributed by atoms with Gasteiger partial charge in [-0.05, 0) is 45.7 Å². The van der Waals surface area contributed by atoms with Crippen LogP contribution in [0.3, 0.4) is 0 Å². The van der Waals surface area contributed by atoms with E-state index in [1.54, 1.807) is 0 Å². The van der Waals surface area contributed by atoms with Crippen molar-refractivity contribution in [1.82, 2.24) is 15.5 Å². The van der Waals surface area contributed by atoms with Gasteiger partial charge < -0.3 is 20.3 Å². The maximum absolute atomic E-state index is 5.79. The normalized spacial score (nSPS) is 15.3. The summed E-state index contributed by atoms with van der Waals surface area (Å²) in [6.45, 7) is 13.6. The van der Waals surface area contributed by atoms with Crippen LogP contribution < -0.4 is 10.6 Å². The van der Waals surface area contributed by atoms with E-state index in [1.165, 1.54) is 6.42 Å². The van der Waals surface area contributed by atoms with E-state index in [2.05, 4.69) is 69.2 Å². The molecule has 0 rings (SSSR count). The third-order valence-electron chi connectivity index (χ3n) is 4.05. The molecule has 0 saturated carbocycles. The van der Waals surface area contributed by atoms with Gasteiger partial charge in [0.2, 0.25) is 0 Å². The van der Waals surface area contributed by atoms with Gasteiger partial charge in [0.05, 0.1) is 6.10 Å². The molecule has 0 aromatic rings. The van der Waals surface area contributed by atoms with Crippen molar-refractivity contribution < 1.29 is 4.74 Å². The first-order valence-corrected chi connectivity index (χ1v) is 9.04. The Hall–Kier alpha value is -0.810. The first-order valence-electron chi connectivity index (χ1n) is 9.04. The summed E-state index contributed by atoms with van der Waals surface area (Å²) in [5, 5.41) is 6.85. The number of hydrogen-bond acceptors (Lipinski definition) is 3. The Balaban J connectivity index is 4.25. The van der Waals surface area contributed by atoms with Gasteiger partial charge in [0.15, 0.2) is 5.96 Å². The lowest BCUT2D eigenvalue weighted by Gasteiger charge is -2.27. The van der Waals surface area contributed by atoms with Crippen molar-refractivity contribution in [2.24, 2.45) is 16.8 Å². The second-order valence-corrected chi connectivity index (χ2v) is 7.15. The minimum atomic E-state index is 0.307. The Bertz CT molecular complexity index is 316. The highest BCUT2D eigenvalue weighted by Gasteiger charge is 2.15. The fourth-order valence-electron chi connectivity index (χ4n) is 2.61. The van der Waals surface area contributed by atoms with E-state index in [0.717, 1.165) is 32.1 Å². The molecule has 2 unspecified atom stereocenters. The molecule has 0 radical (unpaired) electrons. The van der Waals surface area contributed by atoms with Crippen molar-refractivity contribution in [2.75, 3.05) is 40.8 Å². The van der Waals surface area contributed by atoms with E-state index in [-0.39, 0.29) is 0 Å². The zero-order valence-electron chi connectivity index (χ0n) is 16.6. The number of aliphatic imine (C=N–C) groups is 1. The molecule has 0 aromatic heterocycles. The van der Waals surface area contributed by atoms with Crippen LogP contribution in [0, 0.1) is 11.8 Å². The topological polar surface area (TPSA) is 48.9 Å². The van der Waals surface area contributed by atoms with Gasteiger partial charge in [-0.1, -0.05) is 27.7 Å². The van der Waals surface area contributed by atoms with Crippen LogP contribution in [0.4, 0.5) is 0 Å². The molecule has 0 amide bonds. The molecule has 2 N–H and O–H groups in total. The highest BCUT2D eigenvalue weighted by atomic mass is 16.5. The molecule has 0 aliphatic rings. The molecule has 0 spiro atoms. The van der Waals surface area contributed by atoms with Crippen molar-refractivity contribution in [3.63, 3.8) is 0 Å². The third-order valence-corrected chi connectivity index (χ3v) is 4.05. The van der Waals surface area contributed by atoms with Crippen molar-refractivity contribution in [3.05, 3.63) is 0 Å². The van der Waals surface area contributed by atoms with Gasteiger partial charge >= 0.3 is 0 Å². The molecule has 0 saturated heterocycles. The van der Waals surface area contributed by atoms with Crippen LogP contribution in [-0.4, -0.2) is 63.8 Å². The Morgan fingerprint density at radius 1 is 1.13 bits per heavy atom. The van der Waals surface area contributed by atoms with E-state index in [9.17, 15) is 0 Å². The Kier molecular flexibility index (Phi) is 12.1. The highest BCUT2D eigenvalue weighted by Crippen LogP contribution is 2.10. The SMILES string of the molecule is CCOC(CCNC(=NC)NCC(CC(C)C)N(C)C)C(C)C. The average molecular weight is 329 g/mol. The molecule has 0 aliphatic carbocycles. The van der Waals surface area contributed by atoms with Gasteiger partial charge in [0.1, 0.15) is 0 Å². The molecular formula is C18H40N4O. The molecule has 2 atom stereocenters. The van der Waals surface area contributed by atoms with E-state index in [1.807, 2.05) is 7.05 Å². The summed E-state index contributed by atoms with van der Waals surface area (Å²) >= 11 is 0. The molecular weight excluding hydrogens is 288 g/mol. The molecule has 5 nitrogen and oxygen atoms in total. The zero-order chi connectivity index (χ0) is 17.8. The van der Waals surface area contributed by atoms with Crippen LogP contribution in [0.5, 0.6) is 0 Å². The molecule has 5 heteroatoms. The number of likely N-dealkylation sites (N-methyl/N-ethyl adjacent to an activating group) is 1.